The average Bonchev–Trinajstić information content (AvgIpc) is 4.17. The molecule has 1 aromatic heterocycles. The van der Waals surface area contributed by atoms with Gasteiger partial charge in [0.2, 0.25) is 0 Å². The molecule has 0 unspecified atom stereocenters. The summed E-state index contributed by atoms with van der Waals surface area (Å²) in [6.07, 6.45) is 12.5. The van der Waals surface area contributed by atoms with Crippen LogP contribution in [-0.4, -0.2) is 114 Å². The summed E-state index contributed by atoms with van der Waals surface area (Å²) < 4.78 is 0. The monoisotopic (exact) mass is 1030 g/mol. The number of rotatable bonds is 8. The highest BCUT2D eigenvalue weighted by Gasteiger charge is 2.43. The lowest BCUT2D eigenvalue weighted by Crippen LogP contribution is -2.48. The fraction of sp³-hybridized carbons (Fsp3) is 0.538. The van der Waals surface area contributed by atoms with E-state index in [9.17, 15) is 14.7 Å². The number of thiocarbonyl (C=S) groups is 1. The number of hydrogen-bond donors (Lipinski definition) is 2. The fourth-order valence-electron chi connectivity index (χ4n) is 10.1. The molecule has 9 rings (SSSR count). The van der Waals surface area contributed by atoms with E-state index in [0.29, 0.717) is 15.2 Å². The van der Waals surface area contributed by atoms with E-state index in [-0.39, 0.29) is 37.3 Å². The Morgan fingerprint density at radius 2 is 1.03 bits per heavy atom. The van der Waals surface area contributed by atoms with Crippen molar-refractivity contribution < 1.29 is 14.7 Å². The molecule has 0 bridgehead atoms. The molecule has 0 amide bonds. The number of carboxylic acids is 1. The third-order valence-electron chi connectivity index (χ3n) is 14.2. The van der Waals surface area contributed by atoms with E-state index in [2.05, 4.69) is 46.3 Å². The summed E-state index contributed by atoms with van der Waals surface area (Å²) in [6, 6.07) is 23.2. The number of anilines is 1. The van der Waals surface area contributed by atoms with Crippen molar-refractivity contribution in [1.29, 1.82) is 0 Å². The van der Waals surface area contributed by atoms with Gasteiger partial charge in [-0.2, -0.15) is 0 Å². The predicted octanol–water partition coefficient (Wildman–Crippen LogP) is 12.4. The molecule has 5 aliphatic rings. The van der Waals surface area contributed by atoms with Gasteiger partial charge in [0.05, 0.1) is 22.4 Å². The maximum atomic E-state index is 12.1. The Morgan fingerprint density at radius 1 is 0.642 bits per heavy atom. The number of nitrogens with zero attached hydrogens (tertiary/aromatic N) is 5. The molecule has 67 heavy (non-hydrogen) atoms. The molecule has 3 N–H and O–H groups in total. The van der Waals surface area contributed by atoms with Crippen molar-refractivity contribution in [3.63, 3.8) is 0 Å². The molecular weight excluding hydrogens is 963 g/mol. The Balaban J connectivity index is 0.000000202. The fourth-order valence-corrected chi connectivity index (χ4v) is 11.9. The molecule has 15 heteroatoms. The van der Waals surface area contributed by atoms with E-state index in [4.69, 9.17) is 69.3 Å². The predicted molar refractivity (Wildman–Crippen MR) is 288 cm³/mol. The normalized spacial score (nSPS) is 19.5. The van der Waals surface area contributed by atoms with E-state index in [1.54, 1.807) is 12.1 Å². The summed E-state index contributed by atoms with van der Waals surface area (Å²) in [7, 11) is 4.30. The summed E-state index contributed by atoms with van der Waals surface area (Å²) >= 11 is 30.1. The second-order valence-electron chi connectivity index (χ2n) is 18.2. The number of halogens is 4. The van der Waals surface area contributed by atoms with Crippen LogP contribution in [0, 0.1) is 0 Å². The Labute approximate surface area is 430 Å². The zero-order valence-corrected chi connectivity index (χ0v) is 42.4. The topological polar surface area (TPSA) is 106 Å². The third kappa shape index (κ3) is 14.1. The number of benzene rings is 3. The van der Waals surface area contributed by atoms with Gasteiger partial charge in [-0.05, 0) is 118 Å². The zero-order valence-electron chi connectivity index (χ0n) is 37.8. The Morgan fingerprint density at radius 3 is 1.45 bits per heavy atom. The van der Waals surface area contributed by atoms with Gasteiger partial charge in [0.1, 0.15) is 0 Å². The first-order valence-electron chi connectivity index (χ1n) is 22.9. The molecule has 3 heterocycles. The first-order valence-corrected chi connectivity index (χ1v) is 25.9. The maximum absolute atomic E-state index is 12.1. The Kier molecular flexibility index (Phi) is 22.2. The molecule has 0 radical (unpaired) electrons. The number of ketones is 1. The smallest absolute Gasteiger partial charge is 0.314 e. The van der Waals surface area contributed by atoms with E-state index in [0.717, 1.165) is 120 Å². The summed E-state index contributed by atoms with van der Waals surface area (Å²) in [6.45, 7) is 8.50. The second-order valence-corrected chi connectivity index (χ2v) is 21.0. The van der Waals surface area contributed by atoms with E-state index in [1.807, 2.05) is 64.8 Å². The van der Waals surface area contributed by atoms with Crippen LogP contribution in [0.25, 0.3) is 0 Å². The molecule has 3 saturated carbocycles. The van der Waals surface area contributed by atoms with E-state index in [1.165, 1.54) is 42.1 Å². The Hall–Kier alpha value is -3.00. The molecule has 3 aliphatic carbocycles. The lowest BCUT2D eigenvalue weighted by atomic mass is 9.76. The number of carboxylic acid groups (broad SMARTS) is 1. The van der Waals surface area contributed by atoms with Gasteiger partial charge in [0.25, 0.3) is 0 Å². The number of hydrogen-bond acceptors (Lipinski definition) is 8. The molecular formula is C52H72Cl4N6O3S2. The van der Waals surface area contributed by atoms with Crippen LogP contribution in [0.4, 0.5) is 5.13 Å². The number of likely N-dealkylation sites (N-methyl/N-ethyl adjacent to an activating group) is 2. The molecule has 3 aromatic carbocycles. The lowest BCUT2D eigenvalue weighted by molar-refractivity contribution is -0.143. The van der Waals surface area contributed by atoms with Crippen LogP contribution in [0.1, 0.15) is 114 Å². The number of carbonyl (C=O) groups excluding carboxylic acids is 1. The second kappa shape index (κ2) is 26.3. The summed E-state index contributed by atoms with van der Waals surface area (Å²) in [5, 5.41) is 15.5. The Bertz CT molecular complexity index is 2140. The molecule has 0 atom stereocenters. The van der Waals surface area contributed by atoms with Gasteiger partial charge in [0, 0.05) is 78.2 Å². The van der Waals surface area contributed by atoms with Crippen LogP contribution in [0.2, 0.25) is 15.1 Å². The molecule has 9 nitrogen and oxygen atoms in total. The van der Waals surface area contributed by atoms with Crippen LogP contribution >= 0.6 is 70.0 Å². The first kappa shape index (κ1) is 56.6. The van der Waals surface area contributed by atoms with Gasteiger partial charge in [-0.25, -0.2) is 4.98 Å². The maximum Gasteiger partial charge on any atom is 0.314 e. The SMILES string of the molecule is C.C.CN1CCN(C(N)=S)CC1.CN1CCN(c2nc(C3(c4ccc(Cl)cc4)CCCC3)cs2)CC1.O=C(CCl)C1(c2ccc(Cl)cc2)CCCC1.O=C(O)C1(c2ccc(Cl)cc2)CCCC1. The number of carbonyl (C=O) groups is 2. The number of aromatic nitrogens is 1. The van der Waals surface area contributed by atoms with Crippen molar-refractivity contribution in [3.8, 4) is 0 Å². The number of Topliss-reactive ketones (excluding diaryl/α,β-unsaturated/α-hetero) is 1. The van der Waals surface area contributed by atoms with Gasteiger partial charge < -0.3 is 30.4 Å². The van der Waals surface area contributed by atoms with Gasteiger partial charge in [-0.3, -0.25) is 9.59 Å². The third-order valence-corrected chi connectivity index (χ3v) is 16.4. The van der Waals surface area contributed by atoms with Gasteiger partial charge >= 0.3 is 5.97 Å². The van der Waals surface area contributed by atoms with Crippen molar-refractivity contribution in [3.05, 3.63) is 116 Å². The van der Waals surface area contributed by atoms with Crippen LogP contribution in [0.5, 0.6) is 0 Å². The minimum atomic E-state index is -0.706. The summed E-state index contributed by atoms with van der Waals surface area (Å²) in [4.78, 5) is 37.7. The average molecular weight is 1040 g/mol. The summed E-state index contributed by atoms with van der Waals surface area (Å²) in [5.41, 5.74) is 9.13. The van der Waals surface area contributed by atoms with Gasteiger partial charge in [0.15, 0.2) is 16.0 Å². The molecule has 2 aliphatic heterocycles. The highest BCUT2D eigenvalue weighted by Crippen LogP contribution is 2.48. The molecule has 2 saturated heterocycles. The highest BCUT2D eigenvalue weighted by atomic mass is 35.5. The molecule has 5 fully saturated rings. The number of piperazine rings is 2. The number of thiazole rings is 1. The number of nitrogens with two attached hydrogens (primary N) is 1. The number of alkyl halides is 1. The van der Waals surface area contributed by atoms with Crippen molar-refractivity contribution in [2.75, 3.05) is 77.2 Å². The molecule has 368 valence electrons. The summed E-state index contributed by atoms with van der Waals surface area (Å²) in [5.74, 6) is -0.459. The van der Waals surface area contributed by atoms with Crippen molar-refractivity contribution in [2.24, 2.45) is 5.73 Å². The standard InChI is InChI=1S/C19H24ClN3S.C13H14Cl2O.C12H13ClO2.C6H13N3S.2CH4/c1-22-10-12-23(13-11-22)18-21-17(14-24-18)19(8-2-3-9-19)15-4-6-16(20)7-5-15;14-9-12(16)13(7-1-2-8-13)10-3-5-11(15)6-4-10;13-10-5-3-9(4-6-10)12(11(14)15)7-1-2-8-12;1-8-2-4-9(5-3-8)6(7)10;;/h4-7,14H,2-3,8-13H2,1H3;3-6H,1-2,7-9H2;3-6H,1-2,7-8H2,(H,14,15);2-5H2,1H3,(H2,7,10);2*1H4. The van der Waals surface area contributed by atoms with Crippen molar-refractivity contribution in [1.82, 2.24) is 19.7 Å². The quantitative estimate of drug-likeness (QED) is 0.131. The van der Waals surface area contributed by atoms with E-state index >= 15 is 0 Å². The van der Waals surface area contributed by atoms with E-state index < -0.39 is 11.4 Å². The molecule has 4 aromatic rings. The number of aliphatic carboxylic acids is 1. The van der Waals surface area contributed by atoms with Crippen molar-refractivity contribution in [2.45, 2.75) is 108 Å². The lowest BCUT2D eigenvalue weighted by Gasteiger charge is -2.32. The highest BCUT2D eigenvalue weighted by molar-refractivity contribution is 7.80. The van der Waals surface area contributed by atoms with Gasteiger partial charge in [-0.15, -0.1) is 22.9 Å². The minimum absolute atomic E-state index is 0. The molecule has 0 spiro atoms. The van der Waals surface area contributed by atoms with Crippen LogP contribution in [0.15, 0.2) is 78.2 Å². The largest absolute Gasteiger partial charge is 0.481 e. The van der Waals surface area contributed by atoms with Crippen molar-refractivity contribution >= 4 is 92.0 Å². The first-order chi connectivity index (χ1) is 31.2. The van der Waals surface area contributed by atoms with Crippen LogP contribution in [0.3, 0.4) is 0 Å². The van der Waals surface area contributed by atoms with Crippen LogP contribution in [-0.2, 0) is 25.8 Å². The minimum Gasteiger partial charge on any atom is -0.481 e. The zero-order chi connectivity index (χ0) is 46.6. The van der Waals surface area contributed by atoms with Gasteiger partial charge in [-0.1, -0.05) is 125 Å². The van der Waals surface area contributed by atoms with Crippen LogP contribution < -0.4 is 10.6 Å².